The molecule has 0 aromatic carbocycles. The third-order valence-corrected chi connectivity index (χ3v) is 0.957. The van der Waals surface area contributed by atoms with E-state index in [1.54, 1.807) is 6.07 Å². The van der Waals surface area contributed by atoms with Crippen molar-refractivity contribution in [1.29, 1.82) is 5.26 Å². The van der Waals surface area contributed by atoms with Gasteiger partial charge in [0.15, 0.2) is 0 Å². The molecule has 1 aliphatic rings. The summed E-state index contributed by atoms with van der Waals surface area (Å²) in [5, 5.41) is 13.8. The molecule has 13 heavy (non-hydrogen) atoms. The highest BCUT2D eigenvalue weighted by molar-refractivity contribution is 4.59. The molecule has 1 fully saturated rings. The minimum Gasteiger partial charge on any atom is -0.314 e. The maximum atomic E-state index is 7.32. The Morgan fingerprint density at radius 3 is 1.23 bits per heavy atom. The fourth-order valence-corrected chi connectivity index (χ4v) is 0.604. The van der Waals surface area contributed by atoms with Crippen molar-refractivity contribution in [1.82, 2.24) is 10.6 Å². The van der Waals surface area contributed by atoms with Gasteiger partial charge in [-0.25, -0.2) is 0 Å². The molecule has 0 radical (unpaired) electrons. The predicted molar refractivity (Wildman–Crippen MR) is 57.5 cm³/mol. The fraction of sp³-hybridized carbons (Fsp3) is 0.900. The first-order valence-electron chi connectivity index (χ1n) is 4.87. The van der Waals surface area contributed by atoms with Crippen molar-refractivity contribution >= 4 is 0 Å². The normalized spacial score (nSPS) is 14.5. The van der Waals surface area contributed by atoms with E-state index >= 15 is 0 Å². The molecule has 0 amide bonds. The Morgan fingerprint density at radius 2 is 1.15 bits per heavy atom. The van der Waals surface area contributed by atoms with Crippen LogP contribution in [-0.4, -0.2) is 26.2 Å². The summed E-state index contributed by atoms with van der Waals surface area (Å²) >= 11 is 0. The van der Waals surface area contributed by atoms with Crippen LogP contribution in [0.3, 0.4) is 0 Å². The lowest BCUT2D eigenvalue weighted by atomic mass is 10.3. The lowest BCUT2D eigenvalue weighted by Crippen LogP contribution is -2.39. The van der Waals surface area contributed by atoms with Crippen molar-refractivity contribution in [3.8, 4) is 6.07 Å². The SMILES string of the molecule is C1CNCCN1.CC#N.CC(C)C. The second-order valence-electron chi connectivity index (χ2n) is 3.46. The Hall–Kier alpha value is -0.590. The van der Waals surface area contributed by atoms with Gasteiger partial charge in [-0.15, -0.1) is 0 Å². The molecule has 1 aliphatic heterocycles. The number of hydrogen-bond acceptors (Lipinski definition) is 3. The average Bonchev–Trinajstić information content (AvgIpc) is 2.08. The van der Waals surface area contributed by atoms with Gasteiger partial charge in [-0.1, -0.05) is 20.8 Å². The second-order valence-corrected chi connectivity index (χ2v) is 3.46. The Labute approximate surface area is 82.5 Å². The maximum Gasteiger partial charge on any atom is 0.0587 e. The number of piperazine rings is 1. The molecule has 3 nitrogen and oxygen atoms in total. The highest BCUT2D eigenvalue weighted by Crippen LogP contribution is 1.81. The van der Waals surface area contributed by atoms with E-state index in [2.05, 4.69) is 31.4 Å². The van der Waals surface area contributed by atoms with Gasteiger partial charge in [-0.05, 0) is 5.92 Å². The summed E-state index contributed by atoms with van der Waals surface area (Å²) in [5.74, 6) is 0.833. The molecule has 0 unspecified atom stereocenters. The Morgan fingerprint density at radius 1 is 1.00 bits per heavy atom. The van der Waals surface area contributed by atoms with Crippen LogP contribution in [0.2, 0.25) is 0 Å². The van der Waals surface area contributed by atoms with Crippen LogP contribution in [-0.2, 0) is 0 Å². The third kappa shape index (κ3) is 34.5. The van der Waals surface area contributed by atoms with Gasteiger partial charge in [0, 0.05) is 33.1 Å². The molecule has 2 N–H and O–H groups in total. The van der Waals surface area contributed by atoms with E-state index in [0.717, 1.165) is 32.1 Å². The summed E-state index contributed by atoms with van der Waals surface area (Å²) < 4.78 is 0. The van der Waals surface area contributed by atoms with Crippen molar-refractivity contribution in [3.05, 3.63) is 0 Å². The maximum absolute atomic E-state index is 7.32. The zero-order chi connectivity index (χ0) is 10.5. The minimum atomic E-state index is 0.833. The van der Waals surface area contributed by atoms with E-state index in [1.165, 1.54) is 6.92 Å². The minimum absolute atomic E-state index is 0.833. The van der Waals surface area contributed by atoms with E-state index in [9.17, 15) is 0 Å². The Bertz CT molecular complexity index is 97.6. The molecule has 0 bridgehead atoms. The standard InChI is InChI=1S/C4H10N2.C4H10.C2H3N/c1-2-6-4-3-5-1;1-4(2)3;1-2-3/h5-6H,1-4H2;4H,1-3H3;1H3. The van der Waals surface area contributed by atoms with E-state index in [4.69, 9.17) is 5.26 Å². The highest BCUT2D eigenvalue weighted by Gasteiger charge is 1.91. The smallest absolute Gasteiger partial charge is 0.0587 e. The van der Waals surface area contributed by atoms with Gasteiger partial charge in [0.05, 0.1) is 6.07 Å². The van der Waals surface area contributed by atoms with Gasteiger partial charge < -0.3 is 10.6 Å². The van der Waals surface area contributed by atoms with Crippen LogP contribution in [0.15, 0.2) is 0 Å². The Balaban J connectivity index is 0. The lowest BCUT2D eigenvalue weighted by Gasteiger charge is -2.11. The van der Waals surface area contributed by atoms with Crippen LogP contribution < -0.4 is 10.6 Å². The predicted octanol–water partition coefficient (Wildman–Crippen LogP) is 1.37. The zero-order valence-electron chi connectivity index (χ0n) is 9.35. The molecule has 0 spiro atoms. The first-order chi connectivity index (χ1) is 6.15. The van der Waals surface area contributed by atoms with Crippen LogP contribution in [0.25, 0.3) is 0 Å². The fourth-order valence-electron chi connectivity index (χ4n) is 0.604. The molecule has 1 saturated heterocycles. The van der Waals surface area contributed by atoms with Crippen LogP contribution in [0.1, 0.15) is 27.7 Å². The molecule has 0 aromatic rings. The number of nitrogens with one attached hydrogen (secondary N) is 2. The molecule has 3 heteroatoms. The molecule has 0 aliphatic carbocycles. The van der Waals surface area contributed by atoms with Crippen molar-refractivity contribution < 1.29 is 0 Å². The summed E-state index contributed by atoms with van der Waals surface area (Å²) in [5.41, 5.74) is 0. The van der Waals surface area contributed by atoms with Gasteiger partial charge >= 0.3 is 0 Å². The molecular weight excluding hydrogens is 162 g/mol. The number of nitriles is 1. The van der Waals surface area contributed by atoms with Crippen molar-refractivity contribution in [2.24, 2.45) is 5.92 Å². The van der Waals surface area contributed by atoms with Crippen molar-refractivity contribution in [2.45, 2.75) is 27.7 Å². The van der Waals surface area contributed by atoms with E-state index in [-0.39, 0.29) is 0 Å². The van der Waals surface area contributed by atoms with Crippen molar-refractivity contribution in [3.63, 3.8) is 0 Å². The molecular formula is C10H23N3. The Kier molecular flexibility index (Phi) is 16.0. The van der Waals surface area contributed by atoms with Gasteiger partial charge in [0.25, 0.3) is 0 Å². The van der Waals surface area contributed by atoms with Crippen LogP contribution in [0.4, 0.5) is 0 Å². The quantitative estimate of drug-likeness (QED) is 0.599. The summed E-state index contributed by atoms with van der Waals surface area (Å²) in [7, 11) is 0. The van der Waals surface area contributed by atoms with Crippen LogP contribution in [0.5, 0.6) is 0 Å². The molecule has 0 aromatic heterocycles. The van der Waals surface area contributed by atoms with Crippen molar-refractivity contribution in [2.75, 3.05) is 26.2 Å². The summed E-state index contributed by atoms with van der Waals surface area (Å²) in [6.45, 7) is 12.5. The summed E-state index contributed by atoms with van der Waals surface area (Å²) in [4.78, 5) is 0. The molecule has 1 heterocycles. The van der Waals surface area contributed by atoms with Gasteiger partial charge in [0.2, 0.25) is 0 Å². The monoisotopic (exact) mass is 185 g/mol. The zero-order valence-corrected chi connectivity index (χ0v) is 9.35. The largest absolute Gasteiger partial charge is 0.314 e. The van der Waals surface area contributed by atoms with E-state index in [0.29, 0.717) is 0 Å². The molecule has 0 saturated carbocycles. The second kappa shape index (κ2) is 14.0. The number of rotatable bonds is 0. The lowest BCUT2D eigenvalue weighted by molar-refractivity contribution is 0.534. The van der Waals surface area contributed by atoms with Crippen LogP contribution in [0, 0.1) is 17.2 Å². The number of hydrogen-bond donors (Lipinski definition) is 2. The first kappa shape index (κ1) is 14.9. The molecule has 78 valence electrons. The third-order valence-electron chi connectivity index (χ3n) is 0.957. The molecule has 0 atom stereocenters. The van der Waals surface area contributed by atoms with E-state index < -0.39 is 0 Å². The van der Waals surface area contributed by atoms with Gasteiger partial charge in [0.1, 0.15) is 0 Å². The van der Waals surface area contributed by atoms with Crippen LogP contribution >= 0.6 is 0 Å². The summed E-state index contributed by atoms with van der Waals surface area (Å²) in [6.07, 6.45) is 0. The highest BCUT2D eigenvalue weighted by atomic mass is 15.0. The number of nitrogens with zero attached hydrogens (tertiary/aromatic N) is 1. The molecule has 1 rings (SSSR count). The van der Waals surface area contributed by atoms with Gasteiger partial charge in [-0.2, -0.15) is 5.26 Å². The van der Waals surface area contributed by atoms with Gasteiger partial charge in [-0.3, -0.25) is 0 Å². The first-order valence-corrected chi connectivity index (χ1v) is 4.87. The van der Waals surface area contributed by atoms with E-state index in [1.807, 2.05) is 0 Å². The summed E-state index contributed by atoms with van der Waals surface area (Å²) in [6, 6.07) is 1.75. The topological polar surface area (TPSA) is 47.8 Å². The average molecular weight is 185 g/mol.